The first-order valence-electron chi connectivity index (χ1n) is 9.66. The Hall–Kier alpha value is -1.49. The average molecular weight is 360 g/mol. The summed E-state index contributed by atoms with van der Waals surface area (Å²) in [7, 11) is 0. The average Bonchev–Trinajstić information content (AvgIpc) is 2.75. The van der Waals surface area contributed by atoms with Gasteiger partial charge in [-0.3, -0.25) is 9.59 Å². The number of rotatable bonds is 0. The van der Waals surface area contributed by atoms with Crippen LogP contribution in [0.25, 0.3) is 0 Å². The first kappa shape index (κ1) is 16.7. The third kappa shape index (κ3) is 1.42. The van der Waals surface area contributed by atoms with Crippen molar-refractivity contribution in [3.63, 3.8) is 0 Å². The first-order valence-corrected chi connectivity index (χ1v) is 9.66. The zero-order chi connectivity index (χ0) is 18.7. The molecule has 1 spiro atoms. The Kier molecular flexibility index (Phi) is 2.88. The molecule has 1 heterocycles. The molecule has 0 aromatic carbocycles. The lowest BCUT2D eigenvalue weighted by molar-refractivity contribution is -0.292. The number of ether oxygens (including phenoxy) is 1. The van der Waals surface area contributed by atoms with Gasteiger partial charge in [-0.05, 0) is 51.2 Å². The van der Waals surface area contributed by atoms with Crippen molar-refractivity contribution >= 4 is 11.8 Å². The Labute approximate surface area is 152 Å². The number of hydrogen-bond acceptors (Lipinski definition) is 4. The highest BCUT2D eigenvalue weighted by Crippen LogP contribution is 2.73. The second-order valence-electron chi connectivity index (χ2n) is 9.47. The summed E-state index contributed by atoms with van der Waals surface area (Å²) < 4.78 is 22.5. The van der Waals surface area contributed by atoms with Gasteiger partial charge in [0.2, 0.25) is 0 Å². The van der Waals surface area contributed by atoms with Crippen molar-refractivity contribution in [2.75, 3.05) is 0 Å². The molecule has 1 saturated heterocycles. The van der Waals surface area contributed by atoms with Gasteiger partial charge < -0.3 is 9.84 Å². The molecule has 0 radical (unpaired) electrons. The molecule has 3 saturated carbocycles. The highest BCUT2D eigenvalue weighted by Gasteiger charge is 2.82. The Morgan fingerprint density at radius 3 is 2.69 bits per heavy atom. The smallest absolute Gasteiger partial charge is 0.316 e. The minimum atomic E-state index is -1.85. The third-order valence-electron chi connectivity index (χ3n) is 8.86. The number of alkyl halides is 1. The zero-order valence-electron chi connectivity index (χ0n) is 15.4. The van der Waals surface area contributed by atoms with Crippen LogP contribution in [0.4, 0.5) is 4.39 Å². The van der Waals surface area contributed by atoms with E-state index < -0.39 is 28.2 Å². The molecule has 1 N–H and O–H groups in total. The lowest BCUT2D eigenvalue weighted by Gasteiger charge is -2.65. The standard InChI is InChI=1S/C21H25FO4/c1-11-8-15-14-5-4-12-9-13(23)6-7-18(12,2)21(14,22)16(24)10-20(15)19(11,3)17(25)26-20/h6-7,9,11,14-16,24H,4-5,8,10H2,1-3H3/t11-,14-,15-,16-,18-,19-,20-,21-/m0/s1. The van der Waals surface area contributed by atoms with Crippen molar-refractivity contribution in [1.29, 1.82) is 0 Å². The van der Waals surface area contributed by atoms with Gasteiger partial charge in [-0.2, -0.15) is 0 Å². The minimum Gasteiger partial charge on any atom is -0.457 e. The van der Waals surface area contributed by atoms with E-state index >= 15 is 4.39 Å². The number of allylic oxidation sites excluding steroid dienone is 4. The summed E-state index contributed by atoms with van der Waals surface area (Å²) in [6, 6.07) is 0. The summed E-state index contributed by atoms with van der Waals surface area (Å²) >= 11 is 0. The molecular formula is C21H25FO4. The van der Waals surface area contributed by atoms with Crippen LogP contribution in [0.1, 0.15) is 46.5 Å². The summed E-state index contributed by atoms with van der Waals surface area (Å²) in [4.78, 5) is 24.1. The Bertz CT molecular complexity index is 802. The molecule has 5 aliphatic rings. The quantitative estimate of drug-likeness (QED) is 0.675. The highest BCUT2D eigenvalue weighted by molar-refractivity contribution is 6.01. The molecular weight excluding hydrogens is 335 g/mol. The summed E-state index contributed by atoms with van der Waals surface area (Å²) in [5.74, 6) is -0.689. The van der Waals surface area contributed by atoms with Gasteiger partial charge in [0.15, 0.2) is 11.5 Å². The van der Waals surface area contributed by atoms with E-state index in [9.17, 15) is 14.7 Å². The van der Waals surface area contributed by atoms with Gasteiger partial charge in [-0.1, -0.05) is 18.6 Å². The maximum Gasteiger partial charge on any atom is 0.316 e. The fraction of sp³-hybridized carbons (Fsp3) is 0.714. The van der Waals surface area contributed by atoms with Crippen LogP contribution in [-0.2, 0) is 14.3 Å². The molecule has 0 aromatic heterocycles. The molecule has 0 aromatic rings. The van der Waals surface area contributed by atoms with Gasteiger partial charge in [-0.25, -0.2) is 4.39 Å². The molecule has 5 rings (SSSR count). The van der Waals surface area contributed by atoms with Crippen molar-refractivity contribution in [2.24, 2.45) is 28.6 Å². The van der Waals surface area contributed by atoms with Crippen LogP contribution in [-0.4, -0.2) is 34.2 Å². The van der Waals surface area contributed by atoms with Gasteiger partial charge in [0.1, 0.15) is 11.0 Å². The van der Waals surface area contributed by atoms with Gasteiger partial charge >= 0.3 is 5.97 Å². The largest absolute Gasteiger partial charge is 0.457 e. The van der Waals surface area contributed by atoms with Gasteiger partial charge in [-0.15, -0.1) is 0 Å². The van der Waals surface area contributed by atoms with E-state index in [1.54, 1.807) is 19.1 Å². The lowest BCUT2D eigenvalue weighted by Crippen LogP contribution is -2.76. The van der Waals surface area contributed by atoms with E-state index in [2.05, 4.69) is 0 Å². The van der Waals surface area contributed by atoms with Gasteiger partial charge in [0.05, 0.1) is 6.10 Å². The van der Waals surface area contributed by atoms with Crippen molar-refractivity contribution in [1.82, 2.24) is 0 Å². The maximum atomic E-state index is 16.8. The fourth-order valence-electron chi connectivity index (χ4n) is 7.14. The zero-order valence-corrected chi connectivity index (χ0v) is 15.4. The van der Waals surface area contributed by atoms with Gasteiger partial charge in [0, 0.05) is 23.7 Å². The predicted octanol–water partition coefficient (Wildman–Crippen LogP) is 2.90. The molecule has 26 heavy (non-hydrogen) atoms. The molecule has 8 atom stereocenters. The molecule has 4 fully saturated rings. The Morgan fingerprint density at radius 2 is 2.00 bits per heavy atom. The molecule has 0 unspecified atom stereocenters. The minimum absolute atomic E-state index is 0.0852. The van der Waals surface area contributed by atoms with E-state index in [-0.39, 0.29) is 35.9 Å². The van der Waals surface area contributed by atoms with E-state index in [1.165, 1.54) is 6.08 Å². The summed E-state index contributed by atoms with van der Waals surface area (Å²) in [6.07, 6.45) is 5.49. The van der Waals surface area contributed by atoms with E-state index in [4.69, 9.17) is 4.74 Å². The van der Waals surface area contributed by atoms with Crippen LogP contribution in [0.15, 0.2) is 23.8 Å². The Balaban J connectivity index is 1.64. The third-order valence-corrected chi connectivity index (χ3v) is 8.86. The Morgan fingerprint density at radius 1 is 1.27 bits per heavy atom. The second kappa shape index (κ2) is 4.49. The molecule has 4 nitrogen and oxygen atoms in total. The summed E-state index contributed by atoms with van der Waals surface area (Å²) in [5, 5.41) is 11.1. The van der Waals surface area contributed by atoms with Crippen LogP contribution < -0.4 is 0 Å². The molecule has 140 valence electrons. The van der Waals surface area contributed by atoms with Crippen molar-refractivity contribution in [3.8, 4) is 0 Å². The van der Waals surface area contributed by atoms with Crippen LogP contribution >= 0.6 is 0 Å². The van der Waals surface area contributed by atoms with Crippen molar-refractivity contribution in [3.05, 3.63) is 23.8 Å². The fourth-order valence-corrected chi connectivity index (χ4v) is 7.14. The maximum absolute atomic E-state index is 16.8. The lowest BCUT2D eigenvalue weighted by atomic mass is 9.45. The summed E-state index contributed by atoms with van der Waals surface area (Å²) in [5.41, 5.74) is -3.43. The van der Waals surface area contributed by atoms with Crippen LogP contribution in [0.5, 0.6) is 0 Å². The van der Waals surface area contributed by atoms with Crippen LogP contribution in [0.2, 0.25) is 0 Å². The summed E-state index contributed by atoms with van der Waals surface area (Å²) in [6.45, 7) is 5.78. The van der Waals surface area contributed by atoms with Crippen LogP contribution in [0.3, 0.4) is 0 Å². The SMILES string of the molecule is C[C@H]1C[C@H]2[C@@H]3CCC4=CC(=O)C=C[C@]4(C)[C@@]3(F)[C@@H](O)C[C@]23OC(=O)[C@]13C. The van der Waals surface area contributed by atoms with E-state index in [1.807, 2.05) is 13.8 Å². The van der Waals surface area contributed by atoms with Crippen molar-refractivity contribution < 1.29 is 23.8 Å². The number of aliphatic hydroxyl groups excluding tert-OH is 1. The topological polar surface area (TPSA) is 63.6 Å². The number of fused-ring (bicyclic) bond motifs is 4. The first-order chi connectivity index (χ1) is 12.1. The van der Waals surface area contributed by atoms with Crippen molar-refractivity contribution in [2.45, 2.75) is 63.8 Å². The molecule has 5 heteroatoms. The van der Waals surface area contributed by atoms with Crippen LogP contribution in [0, 0.1) is 28.6 Å². The number of esters is 1. The second-order valence-corrected chi connectivity index (χ2v) is 9.47. The number of carbonyl (C=O) groups excluding carboxylic acids is 2. The number of carbonyl (C=O) groups is 2. The predicted molar refractivity (Wildman–Crippen MR) is 91.7 cm³/mol. The molecule has 0 bridgehead atoms. The number of hydrogen-bond donors (Lipinski definition) is 1. The number of halogens is 1. The number of ketones is 1. The molecule has 0 amide bonds. The molecule has 4 aliphatic carbocycles. The highest BCUT2D eigenvalue weighted by atomic mass is 19.1. The normalized spacial score (nSPS) is 57.2. The van der Waals surface area contributed by atoms with Gasteiger partial charge in [0.25, 0.3) is 0 Å². The van der Waals surface area contributed by atoms with E-state index in [0.29, 0.717) is 12.8 Å². The van der Waals surface area contributed by atoms with E-state index in [0.717, 1.165) is 12.0 Å². The molecule has 1 aliphatic heterocycles. The monoisotopic (exact) mass is 360 g/mol. The number of aliphatic hydroxyl groups is 1.